The van der Waals surface area contributed by atoms with E-state index in [-0.39, 0.29) is 30.1 Å². The van der Waals surface area contributed by atoms with Gasteiger partial charge < -0.3 is 9.64 Å². The Morgan fingerprint density at radius 2 is 1.63 bits per heavy atom. The molecular weight excluding hydrogens is 434 g/mol. The lowest BCUT2D eigenvalue weighted by Crippen LogP contribution is -2.49. The molecule has 0 radical (unpaired) electrons. The molecule has 3 aromatic carbocycles. The molecule has 3 aromatic rings. The van der Waals surface area contributed by atoms with Crippen LogP contribution in [0.1, 0.15) is 52.7 Å². The summed E-state index contributed by atoms with van der Waals surface area (Å²) in [5.74, 6) is 0.968. The highest BCUT2D eigenvalue weighted by Gasteiger charge is 2.37. The third kappa shape index (κ3) is 4.93. The van der Waals surface area contributed by atoms with Gasteiger partial charge in [-0.05, 0) is 60.4 Å². The topological polar surface area (TPSA) is 46.6 Å². The summed E-state index contributed by atoms with van der Waals surface area (Å²) in [5, 5.41) is 0. The van der Waals surface area contributed by atoms with Gasteiger partial charge in [0.2, 0.25) is 5.91 Å². The number of ether oxygens (including phenoxy) is 1. The second-order valence-corrected chi connectivity index (χ2v) is 9.72. The number of amides is 1. The fraction of sp³-hybridized carbons (Fsp3) is 0.290. The number of fused-ring (bicyclic) bond motifs is 1. The van der Waals surface area contributed by atoms with Crippen molar-refractivity contribution in [2.24, 2.45) is 0 Å². The van der Waals surface area contributed by atoms with E-state index in [0.717, 1.165) is 35.3 Å². The van der Waals surface area contributed by atoms with E-state index in [0.29, 0.717) is 18.7 Å². The van der Waals surface area contributed by atoms with Crippen LogP contribution in [0.4, 0.5) is 0 Å². The minimum atomic E-state index is -0.368. The number of piperidine rings is 1. The lowest BCUT2D eigenvalue weighted by molar-refractivity contribution is -0.133. The van der Waals surface area contributed by atoms with Crippen LogP contribution in [0.3, 0.4) is 0 Å². The lowest BCUT2D eigenvalue weighted by atomic mass is 9.87. The molecule has 35 heavy (non-hydrogen) atoms. The number of nitrogens with zero attached hydrogens (tertiary/aromatic N) is 1. The monoisotopic (exact) mass is 465 g/mol. The predicted molar refractivity (Wildman–Crippen MR) is 140 cm³/mol. The zero-order chi connectivity index (χ0) is 24.4. The number of hydrogen-bond donors (Lipinski definition) is 0. The maximum atomic E-state index is 12.8. The molecule has 178 valence electrons. The van der Waals surface area contributed by atoms with Gasteiger partial charge in [0.1, 0.15) is 11.4 Å². The Morgan fingerprint density at radius 1 is 0.857 bits per heavy atom. The first-order valence-corrected chi connectivity index (χ1v) is 12.4. The first-order chi connectivity index (χ1) is 16.9. The maximum absolute atomic E-state index is 12.8. The molecule has 0 N–H and O–H groups in total. The van der Waals surface area contributed by atoms with Gasteiger partial charge in [-0.1, -0.05) is 54.6 Å². The van der Waals surface area contributed by atoms with Crippen LogP contribution in [-0.4, -0.2) is 35.3 Å². The molecule has 1 fully saturated rings. The number of hydrogen-bond acceptors (Lipinski definition) is 3. The van der Waals surface area contributed by atoms with Gasteiger partial charge in [0.15, 0.2) is 5.78 Å². The van der Waals surface area contributed by atoms with Crippen molar-refractivity contribution < 1.29 is 14.3 Å². The van der Waals surface area contributed by atoms with Crippen molar-refractivity contribution in [2.75, 3.05) is 13.1 Å². The van der Waals surface area contributed by atoms with Gasteiger partial charge in [0, 0.05) is 49.9 Å². The van der Waals surface area contributed by atoms with Crippen molar-refractivity contribution in [1.82, 2.24) is 4.90 Å². The third-order valence-electron chi connectivity index (χ3n) is 7.35. The molecule has 0 aromatic heterocycles. The van der Waals surface area contributed by atoms with E-state index in [4.69, 9.17) is 4.74 Å². The van der Waals surface area contributed by atoms with E-state index in [1.807, 2.05) is 55.1 Å². The van der Waals surface area contributed by atoms with E-state index in [9.17, 15) is 9.59 Å². The molecule has 1 amide bonds. The van der Waals surface area contributed by atoms with Gasteiger partial charge in [0.05, 0.1) is 0 Å². The highest BCUT2D eigenvalue weighted by molar-refractivity contribution is 5.98. The van der Waals surface area contributed by atoms with Gasteiger partial charge in [-0.15, -0.1) is 0 Å². The zero-order valence-corrected chi connectivity index (χ0v) is 20.4. The highest BCUT2D eigenvalue weighted by Crippen LogP contribution is 2.39. The van der Waals surface area contributed by atoms with Crippen LogP contribution in [0, 0.1) is 13.8 Å². The Labute approximate surface area is 207 Å². The number of rotatable bonds is 5. The van der Waals surface area contributed by atoms with E-state index in [1.54, 1.807) is 0 Å². The van der Waals surface area contributed by atoms with Crippen LogP contribution < -0.4 is 4.74 Å². The quantitative estimate of drug-likeness (QED) is 0.410. The number of carbonyl (C=O) groups excluding carboxylic acids is 2. The minimum absolute atomic E-state index is 0.0277. The molecule has 0 bridgehead atoms. The molecule has 0 aliphatic carbocycles. The number of Topliss-reactive ketones (excluding diaryl/α,β-unsaturated/α-hetero) is 1. The fourth-order valence-corrected chi connectivity index (χ4v) is 4.92. The zero-order valence-electron chi connectivity index (χ0n) is 20.4. The molecule has 2 aliphatic heterocycles. The molecule has 0 unspecified atom stereocenters. The normalized spacial score (nSPS) is 16.0. The summed E-state index contributed by atoms with van der Waals surface area (Å²) in [5.41, 5.74) is 6.03. The van der Waals surface area contributed by atoms with Crippen LogP contribution in [0.15, 0.2) is 72.8 Å². The first kappa shape index (κ1) is 23.1. The molecule has 0 saturated carbocycles. The Kier molecular flexibility index (Phi) is 6.29. The van der Waals surface area contributed by atoms with Crippen molar-refractivity contribution >= 4 is 17.8 Å². The van der Waals surface area contributed by atoms with Gasteiger partial charge in [0.25, 0.3) is 0 Å². The van der Waals surface area contributed by atoms with Crippen molar-refractivity contribution in [1.29, 1.82) is 0 Å². The molecular formula is C31H31NO3. The van der Waals surface area contributed by atoms with E-state index in [2.05, 4.69) is 42.5 Å². The third-order valence-corrected chi connectivity index (χ3v) is 7.35. The fourth-order valence-electron chi connectivity index (χ4n) is 4.92. The van der Waals surface area contributed by atoms with Gasteiger partial charge in [-0.25, -0.2) is 0 Å². The minimum Gasteiger partial charge on any atom is -0.482 e. The maximum Gasteiger partial charge on any atom is 0.223 e. The number of aryl methyl sites for hydroxylation is 2. The number of carbonyl (C=O) groups is 2. The summed E-state index contributed by atoms with van der Waals surface area (Å²) in [4.78, 5) is 27.3. The summed E-state index contributed by atoms with van der Waals surface area (Å²) >= 11 is 0. The summed E-state index contributed by atoms with van der Waals surface area (Å²) in [6.45, 7) is 5.31. The lowest BCUT2D eigenvalue weighted by Gasteiger charge is -2.42. The molecule has 4 heteroatoms. The SMILES string of the molecule is Cc1ccc(C(=O)CCC(=O)N2CCC3(C=Cc4cc(-c5ccccc5)ccc4O3)CC2)cc1C. The highest BCUT2D eigenvalue weighted by atomic mass is 16.5. The molecule has 5 rings (SSSR count). The van der Waals surface area contributed by atoms with Gasteiger partial charge in [-0.2, -0.15) is 0 Å². The van der Waals surface area contributed by atoms with Gasteiger partial charge in [-0.3, -0.25) is 9.59 Å². The van der Waals surface area contributed by atoms with Crippen LogP contribution >= 0.6 is 0 Å². The van der Waals surface area contributed by atoms with Crippen molar-refractivity contribution in [3.8, 4) is 16.9 Å². The van der Waals surface area contributed by atoms with Gasteiger partial charge >= 0.3 is 0 Å². The summed E-state index contributed by atoms with van der Waals surface area (Å²) in [7, 11) is 0. The largest absolute Gasteiger partial charge is 0.482 e. The summed E-state index contributed by atoms with van der Waals surface area (Å²) in [6, 6.07) is 22.4. The van der Waals surface area contributed by atoms with Crippen LogP contribution in [0.25, 0.3) is 17.2 Å². The Balaban J connectivity index is 1.17. The van der Waals surface area contributed by atoms with Crippen LogP contribution in [-0.2, 0) is 4.79 Å². The van der Waals surface area contributed by atoms with Crippen molar-refractivity contribution in [3.05, 3.63) is 95.1 Å². The molecule has 0 atom stereocenters. The van der Waals surface area contributed by atoms with Crippen molar-refractivity contribution in [2.45, 2.75) is 45.1 Å². The van der Waals surface area contributed by atoms with E-state index < -0.39 is 0 Å². The second kappa shape index (κ2) is 9.53. The molecule has 4 nitrogen and oxygen atoms in total. The summed E-state index contributed by atoms with van der Waals surface area (Å²) in [6.07, 6.45) is 6.32. The molecule has 1 spiro atoms. The Bertz CT molecular complexity index is 1280. The first-order valence-electron chi connectivity index (χ1n) is 12.4. The average molecular weight is 466 g/mol. The van der Waals surface area contributed by atoms with E-state index in [1.165, 1.54) is 11.1 Å². The standard InChI is InChI=1S/C31H31NO3/c1-22-8-9-26(20-23(22)2)28(33)11-13-30(34)32-18-16-31(17-19-32)15-14-27-21-25(10-12-29(27)35-31)24-6-4-3-5-7-24/h3-10,12,14-15,20-21H,11,13,16-19H2,1-2H3. The molecule has 2 aliphatic rings. The smallest absolute Gasteiger partial charge is 0.223 e. The summed E-state index contributed by atoms with van der Waals surface area (Å²) < 4.78 is 6.48. The number of ketones is 1. The number of benzene rings is 3. The Morgan fingerprint density at radius 3 is 2.37 bits per heavy atom. The Hall–Kier alpha value is -3.66. The molecule has 2 heterocycles. The van der Waals surface area contributed by atoms with Crippen LogP contribution in [0.2, 0.25) is 0 Å². The van der Waals surface area contributed by atoms with Crippen LogP contribution in [0.5, 0.6) is 5.75 Å². The molecule has 1 saturated heterocycles. The number of likely N-dealkylation sites (tertiary alicyclic amines) is 1. The van der Waals surface area contributed by atoms with E-state index >= 15 is 0 Å². The predicted octanol–water partition coefficient (Wildman–Crippen LogP) is 6.40. The second-order valence-electron chi connectivity index (χ2n) is 9.72. The average Bonchev–Trinajstić information content (AvgIpc) is 2.89. The van der Waals surface area contributed by atoms with Crippen molar-refractivity contribution in [3.63, 3.8) is 0 Å².